The maximum absolute atomic E-state index is 12.3. The number of piperidine rings is 1. The summed E-state index contributed by atoms with van der Waals surface area (Å²) in [6.07, 6.45) is 2.78. The van der Waals surface area contributed by atoms with Gasteiger partial charge in [-0.05, 0) is 46.1 Å². The van der Waals surface area contributed by atoms with E-state index in [1.807, 2.05) is 26.8 Å². The van der Waals surface area contributed by atoms with Gasteiger partial charge < -0.3 is 15.0 Å². The number of aryl methyl sites for hydroxylation is 2. The van der Waals surface area contributed by atoms with Crippen LogP contribution in [0.3, 0.4) is 0 Å². The SMILES string of the molecule is CCOCCCNC(=O)[C@H]1CCCN(c2nc(C)cc(C)n2)C1. The minimum absolute atomic E-state index is 0.0141. The van der Waals surface area contributed by atoms with Crippen molar-refractivity contribution in [2.75, 3.05) is 37.7 Å². The first kappa shape index (κ1) is 17.7. The van der Waals surface area contributed by atoms with Crippen LogP contribution in [0.5, 0.6) is 0 Å². The molecule has 128 valence electrons. The summed E-state index contributed by atoms with van der Waals surface area (Å²) >= 11 is 0. The maximum atomic E-state index is 12.3. The third kappa shape index (κ3) is 5.46. The van der Waals surface area contributed by atoms with Crippen molar-refractivity contribution >= 4 is 11.9 Å². The number of nitrogens with zero attached hydrogens (tertiary/aromatic N) is 3. The molecule has 6 heteroatoms. The van der Waals surface area contributed by atoms with E-state index in [0.717, 1.165) is 49.8 Å². The van der Waals surface area contributed by atoms with Crippen molar-refractivity contribution in [1.82, 2.24) is 15.3 Å². The van der Waals surface area contributed by atoms with E-state index in [4.69, 9.17) is 4.74 Å². The Morgan fingerprint density at radius 2 is 2.13 bits per heavy atom. The van der Waals surface area contributed by atoms with Gasteiger partial charge in [-0.2, -0.15) is 0 Å². The number of nitrogens with one attached hydrogen (secondary N) is 1. The predicted molar refractivity (Wildman–Crippen MR) is 90.6 cm³/mol. The molecule has 1 N–H and O–H groups in total. The van der Waals surface area contributed by atoms with E-state index in [0.29, 0.717) is 19.7 Å². The molecule has 6 nitrogen and oxygen atoms in total. The molecule has 0 aliphatic carbocycles. The van der Waals surface area contributed by atoms with Crippen molar-refractivity contribution in [2.24, 2.45) is 5.92 Å². The van der Waals surface area contributed by atoms with Gasteiger partial charge in [0.2, 0.25) is 11.9 Å². The smallest absolute Gasteiger partial charge is 0.225 e. The first-order valence-electron chi connectivity index (χ1n) is 8.53. The normalized spacial score (nSPS) is 18.0. The molecule has 1 aromatic heterocycles. The molecule has 0 aromatic carbocycles. The molecule has 0 spiro atoms. The lowest BCUT2D eigenvalue weighted by atomic mass is 9.97. The first-order valence-corrected chi connectivity index (χ1v) is 8.53. The van der Waals surface area contributed by atoms with Gasteiger partial charge >= 0.3 is 0 Å². The quantitative estimate of drug-likeness (QED) is 0.777. The first-order chi connectivity index (χ1) is 11.1. The molecule has 0 unspecified atom stereocenters. The van der Waals surface area contributed by atoms with Crippen molar-refractivity contribution < 1.29 is 9.53 Å². The van der Waals surface area contributed by atoms with Gasteiger partial charge in [0.1, 0.15) is 0 Å². The van der Waals surface area contributed by atoms with Gasteiger partial charge in [0.15, 0.2) is 0 Å². The molecule has 1 aliphatic rings. The Hall–Kier alpha value is -1.69. The Balaban J connectivity index is 1.86. The van der Waals surface area contributed by atoms with Crippen LogP contribution in [0.1, 0.15) is 37.6 Å². The summed E-state index contributed by atoms with van der Waals surface area (Å²) < 4.78 is 5.28. The van der Waals surface area contributed by atoms with Crippen LogP contribution >= 0.6 is 0 Å². The zero-order valence-corrected chi connectivity index (χ0v) is 14.5. The summed E-state index contributed by atoms with van der Waals surface area (Å²) in [6.45, 7) is 9.64. The molecule has 1 aromatic rings. The summed E-state index contributed by atoms with van der Waals surface area (Å²) in [4.78, 5) is 23.5. The van der Waals surface area contributed by atoms with Crippen LogP contribution in [0.25, 0.3) is 0 Å². The van der Waals surface area contributed by atoms with Crippen LogP contribution < -0.4 is 10.2 Å². The van der Waals surface area contributed by atoms with Gasteiger partial charge in [0.25, 0.3) is 0 Å². The fourth-order valence-corrected chi connectivity index (χ4v) is 2.90. The van der Waals surface area contributed by atoms with E-state index in [1.165, 1.54) is 0 Å². The van der Waals surface area contributed by atoms with E-state index < -0.39 is 0 Å². The van der Waals surface area contributed by atoms with Crippen molar-refractivity contribution in [1.29, 1.82) is 0 Å². The fraction of sp³-hybridized carbons (Fsp3) is 0.706. The Bertz CT molecular complexity index is 501. The standard InChI is InChI=1S/C17H28N4O2/c1-4-23-10-6-8-18-16(22)15-7-5-9-21(12-15)17-19-13(2)11-14(3)20-17/h11,15H,4-10,12H2,1-3H3,(H,18,22)/t15-/m0/s1. The molecule has 2 rings (SSSR count). The molecule has 1 fully saturated rings. The van der Waals surface area contributed by atoms with Gasteiger partial charge in [0, 0.05) is 44.2 Å². The summed E-state index contributed by atoms with van der Waals surface area (Å²) in [5.74, 6) is 0.896. The fourth-order valence-electron chi connectivity index (χ4n) is 2.90. The van der Waals surface area contributed by atoms with Gasteiger partial charge in [-0.25, -0.2) is 9.97 Å². The zero-order valence-electron chi connectivity index (χ0n) is 14.5. The average molecular weight is 320 g/mol. The maximum Gasteiger partial charge on any atom is 0.225 e. The zero-order chi connectivity index (χ0) is 16.7. The van der Waals surface area contributed by atoms with Gasteiger partial charge in [-0.1, -0.05) is 0 Å². The number of anilines is 1. The highest BCUT2D eigenvalue weighted by atomic mass is 16.5. The molecule has 0 radical (unpaired) electrons. The summed E-state index contributed by atoms with van der Waals surface area (Å²) in [5.41, 5.74) is 1.94. The van der Waals surface area contributed by atoms with E-state index >= 15 is 0 Å². The van der Waals surface area contributed by atoms with E-state index in [1.54, 1.807) is 0 Å². The van der Waals surface area contributed by atoms with Crippen molar-refractivity contribution in [3.63, 3.8) is 0 Å². The molecule has 0 bridgehead atoms. The predicted octanol–water partition coefficient (Wildman–Crippen LogP) is 1.85. The lowest BCUT2D eigenvalue weighted by molar-refractivity contribution is -0.125. The van der Waals surface area contributed by atoms with Crippen LogP contribution in [0.2, 0.25) is 0 Å². The summed E-state index contributed by atoms with van der Waals surface area (Å²) in [5, 5.41) is 3.02. The van der Waals surface area contributed by atoms with Crippen LogP contribution in [-0.2, 0) is 9.53 Å². The monoisotopic (exact) mass is 320 g/mol. The van der Waals surface area contributed by atoms with Crippen molar-refractivity contribution in [3.05, 3.63) is 17.5 Å². The highest BCUT2D eigenvalue weighted by Crippen LogP contribution is 2.21. The third-order valence-electron chi connectivity index (χ3n) is 4.01. The van der Waals surface area contributed by atoms with E-state index in [-0.39, 0.29) is 11.8 Å². The summed E-state index contributed by atoms with van der Waals surface area (Å²) in [6, 6.07) is 1.97. The second-order valence-electron chi connectivity index (χ2n) is 6.08. The summed E-state index contributed by atoms with van der Waals surface area (Å²) in [7, 11) is 0. The Kier molecular flexibility index (Phi) is 6.77. The second kappa shape index (κ2) is 8.82. The van der Waals surface area contributed by atoms with Crippen LogP contribution in [0, 0.1) is 19.8 Å². The number of aromatic nitrogens is 2. The molecule has 1 aliphatic heterocycles. The van der Waals surface area contributed by atoms with Crippen LogP contribution in [-0.4, -0.2) is 48.7 Å². The van der Waals surface area contributed by atoms with Crippen molar-refractivity contribution in [3.8, 4) is 0 Å². The van der Waals surface area contributed by atoms with Crippen LogP contribution in [0.15, 0.2) is 6.07 Å². The number of hydrogen-bond donors (Lipinski definition) is 1. The largest absolute Gasteiger partial charge is 0.382 e. The highest BCUT2D eigenvalue weighted by molar-refractivity contribution is 5.79. The Labute approximate surface area is 138 Å². The van der Waals surface area contributed by atoms with E-state index in [2.05, 4.69) is 20.2 Å². The lowest BCUT2D eigenvalue weighted by Gasteiger charge is -2.32. The topological polar surface area (TPSA) is 67.3 Å². The molecule has 1 amide bonds. The van der Waals surface area contributed by atoms with E-state index in [9.17, 15) is 4.79 Å². The third-order valence-corrected chi connectivity index (χ3v) is 4.01. The van der Waals surface area contributed by atoms with Gasteiger partial charge in [0.05, 0.1) is 5.92 Å². The molecular weight excluding hydrogens is 292 g/mol. The molecule has 1 atom stereocenters. The number of ether oxygens (including phenoxy) is 1. The molecule has 0 saturated carbocycles. The molecule has 23 heavy (non-hydrogen) atoms. The average Bonchev–Trinajstić information content (AvgIpc) is 2.53. The number of carbonyl (C=O) groups excluding carboxylic acids is 1. The van der Waals surface area contributed by atoms with Crippen LogP contribution in [0.4, 0.5) is 5.95 Å². The number of rotatable bonds is 7. The molecule has 1 saturated heterocycles. The highest BCUT2D eigenvalue weighted by Gasteiger charge is 2.27. The Morgan fingerprint density at radius 1 is 1.39 bits per heavy atom. The van der Waals surface area contributed by atoms with Gasteiger partial charge in [-0.15, -0.1) is 0 Å². The Morgan fingerprint density at radius 3 is 2.83 bits per heavy atom. The number of carbonyl (C=O) groups is 1. The minimum atomic E-state index is 0.0141. The minimum Gasteiger partial charge on any atom is -0.382 e. The lowest BCUT2D eigenvalue weighted by Crippen LogP contribution is -2.44. The van der Waals surface area contributed by atoms with Crippen molar-refractivity contribution in [2.45, 2.75) is 40.0 Å². The molecular formula is C17H28N4O2. The molecule has 2 heterocycles. The second-order valence-corrected chi connectivity index (χ2v) is 6.08. The number of amides is 1. The number of hydrogen-bond acceptors (Lipinski definition) is 5. The van der Waals surface area contributed by atoms with Gasteiger partial charge in [-0.3, -0.25) is 4.79 Å².